The molecule has 0 saturated carbocycles. The van der Waals surface area contributed by atoms with E-state index in [1.54, 1.807) is 0 Å². The number of hydrogen-bond donors (Lipinski definition) is 1. The van der Waals surface area contributed by atoms with Gasteiger partial charge < -0.3 is 5.73 Å². The maximum absolute atomic E-state index is 4.85. The van der Waals surface area contributed by atoms with Gasteiger partial charge in [0.1, 0.15) is 0 Å². The predicted molar refractivity (Wildman–Crippen MR) is 42.8 cm³/mol. The van der Waals surface area contributed by atoms with Crippen molar-refractivity contribution < 1.29 is 13.3 Å². The van der Waals surface area contributed by atoms with E-state index in [9.17, 15) is 0 Å². The summed E-state index contributed by atoms with van der Waals surface area (Å²) in [5, 5.41) is 0. The third kappa shape index (κ3) is 35.3. The van der Waals surface area contributed by atoms with Gasteiger partial charge in [-0.1, -0.05) is 6.92 Å². The van der Waals surface area contributed by atoms with Crippen LogP contribution >= 0.6 is 37.2 Å². The second-order valence-electron chi connectivity index (χ2n) is 0.462. The Labute approximate surface area is 68.4 Å². The summed E-state index contributed by atoms with van der Waals surface area (Å²) in [6, 6.07) is 0. The molecule has 0 spiro atoms. The maximum atomic E-state index is 4.85. The van der Waals surface area contributed by atoms with Crippen molar-refractivity contribution in [3.63, 3.8) is 0 Å². The van der Waals surface area contributed by atoms with Crippen molar-refractivity contribution in [2.45, 2.75) is 6.92 Å². The summed E-state index contributed by atoms with van der Waals surface area (Å²) in [4.78, 5) is 0. The molecule has 0 aliphatic rings. The van der Waals surface area contributed by atoms with Crippen LogP contribution in [-0.2, 0) is 0 Å². The van der Waals surface area contributed by atoms with Crippen LogP contribution in [0.3, 0.4) is 0 Å². The Hall–Kier alpha value is 2.15. The van der Waals surface area contributed by atoms with E-state index in [4.69, 9.17) is 5.73 Å². The number of hydrogen-bond acceptors (Lipinski definition) is 1. The van der Waals surface area contributed by atoms with Crippen LogP contribution < -0.4 is 19.0 Å². The molecular formula is C2H7I3N-. The van der Waals surface area contributed by atoms with Crippen LogP contribution in [0.15, 0.2) is 0 Å². The van der Waals surface area contributed by atoms with E-state index in [0.29, 0.717) is 13.3 Å². The predicted octanol–water partition coefficient (Wildman–Crippen LogP) is -1.26. The summed E-state index contributed by atoms with van der Waals surface area (Å²) >= 11 is 5.30. The van der Waals surface area contributed by atoms with Gasteiger partial charge in [-0.25, -0.2) is 0 Å². The average Bonchev–Trinajstić information content (AvgIpc) is 1.39. The molecule has 2 N–H and O–H groups in total. The molecule has 0 atom stereocenters. The Balaban J connectivity index is 0. The molecule has 0 aromatic carbocycles. The van der Waals surface area contributed by atoms with Crippen molar-refractivity contribution in [3.05, 3.63) is 0 Å². The second kappa shape index (κ2) is 15.7. The molecule has 0 radical (unpaired) electrons. The molecule has 0 aromatic rings. The monoisotopic (exact) mass is 426 g/mol. The van der Waals surface area contributed by atoms with Crippen molar-refractivity contribution in [3.8, 4) is 0 Å². The molecule has 0 aliphatic carbocycles. The molecule has 0 saturated heterocycles. The molecule has 0 amide bonds. The zero-order valence-corrected chi connectivity index (χ0v) is 9.89. The first-order valence-corrected chi connectivity index (χ1v) is 14.0. The zero-order valence-electron chi connectivity index (χ0n) is 3.42. The van der Waals surface area contributed by atoms with E-state index in [1.165, 1.54) is 0 Å². The van der Waals surface area contributed by atoms with E-state index in [-0.39, 0.29) is 0 Å². The van der Waals surface area contributed by atoms with Gasteiger partial charge in [0.2, 0.25) is 0 Å². The van der Waals surface area contributed by atoms with E-state index >= 15 is 0 Å². The molecule has 0 bridgehead atoms. The first-order valence-electron chi connectivity index (χ1n) is 1.40. The van der Waals surface area contributed by atoms with Crippen LogP contribution in [0, 0.1) is 0 Å². The molecule has 0 aromatic heterocycles. The number of rotatable bonds is 0. The van der Waals surface area contributed by atoms with E-state index in [2.05, 4.69) is 37.2 Å². The molecule has 6 heavy (non-hydrogen) atoms. The molecule has 0 aliphatic heterocycles. The fourth-order valence-corrected chi connectivity index (χ4v) is 0. The van der Waals surface area contributed by atoms with Gasteiger partial charge in [-0.3, -0.25) is 0 Å². The summed E-state index contributed by atoms with van der Waals surface area (Å²) < 4.78 is 0. The summed E-state index contributed by atoms with van der Waals surface area (Å²) in [5.41, 5.74) is 4.85. The first-order chi connectivity index (χ1) is 2.83. The second-order valence-corrected chi connectivity index (χ2v) is 16.7. The molecule has 0 fully saturated rings. The van der Waals surface area contributed by atoms with Crippen LogP contribution in [0.2, 0.25) is 0 Å². The number of nitrogens with two attached hydrogens (primary N) is 1. The SMILES string of the molecule is CCN.I[I-]I. The van der Waals surface area contributed by atoms with Gasteiger partial charge in [-0.2, -0.15) is 0 Å². The Morgan fingerprint density at radius 3 is 1.67 bits per heavy atom. The van der Waals surface area contributed by atoms with Crippen LogP contribution in [0.5, 0.6) is 0 Å². The Morgan fingerprint density at radius 1 is 1.67 bits per heavy atom. The van der Waals surface area contributed by atoms with Gasteiger partial charge in [-0.15, -0.1) is 0 Å². The first kappa shape index (κ1) is 11.0. The summed E-state index contributed by atoms with van der Waals surface area (Å²) in [6.45, 7) is 2.65. The minimum atomic E-state index is 0.530. The van der Waals surface area contributed by atoms with Gasteiger partial charge in [0.05, 0.1) is 0 Å². The summed E-state index contributed by atoms with van der Waals surface area (Å²) in [7, 11) is 0. The van der Waals surface area contributed by atoms with Gasteiger partial charge in [0.15, 0.2) is 0 Å². The molecule has 1 nitrogen and oxygen atoms in total. The fourth-order valence-electron chi connectivity index (χ4n) is 0. The zero-order chi connectivity index (χ0) is 5.41. The fraction of sp³-hybridized carbons (Fsp3) is 1.00. The Kier molecular flexibility index (Phi) is 28.8. The molecule has 0 heterocycles. The Bertz CT molecular complexity index is 10.8. The van der Waals surface area contributed by atoms with Crippen molar-refractivity contribution >= 4 is 37.2 Å². The molecule has 0 unspecified atom stereocenters. The van der Waals surface area contributed by atoms with Crippen LogP contribution in [-0.4, -0.2) is 6.54 Å². The third-order valence-electron chi connectivity index (χ3n) is 0. The van der Waals surface area contributed by atoms with Crippen molar-refractivity contribution in [2.24, 2.45) is 5.73 Å². The quantitative estimate of drug-likeness (QED) is 0.482. The summed E-state index contributed by atoms with van der Waals surface area (Å²) in [5.74, 6) is 0. The van der Waals surface area contributed by atoms with Crippen molar-refractivity contribution in [1.29, 1.82) is 0 Å². The number of halogens is 3. The standard InChI is InChI=1S/C2H7N.I3/c1-2-3;1-3-2/h2-3H2,1H3;/q;-1. The van der Waals surface area contributed by atoms with Gasteiger partial charge in [-0.05, 0) is 6.54 Å². The molecular weight excluding hydrogens is 419 g/mol. The van der Waals surface area contributed by atoms with Crippen LogP contribution in [0.1, 0.15) is 6.92 Å². The van der Waals surface area contributed by atoms with Crippen molar-refractivity contribution in [1.82, 2.24) is 0 Å². The third-order valence-corrected chi connectivity index (χ3v) is 0. The molecule has 42 valence electrons. The van der Waals surface area contributed by atoms with E-state index in [1.807, 2.05) is 6.92 Å². The molecule has 4 heteroatoms. The van der Waals surface area contributed by atoms with E-state index in [0.717, 1.165) is 6.54 Å². The van der Waals surface area contributed by atoms with Crippen LogP contribution in [0.25, 0.3) is 0 Å². The van der Waals surface area contributed by atoms with E-state index < -0.39 is 0 Å². The van der Waals surface area contributed by atoms with Gasteiger partial charge >= 0.3 is 50.5 Å². The van der Waals surface area contributed by atoms with Crippen molar-refractivity contribution in [2.75, 3.05) is 6.54 Å². The van der Waals surface area contributed by atoms with Gasteiger partial charge in [0.25, 0.3) is 0 Å². The Morgan fingerprint density at radius 2 is 1.67 bits per heavy atom. The molecule has 0 rings (SSSR count). The summed E-state index contributed by atoms with van der Waals surface area (Å²) in [6.07, 6.45) is 0. The normalized spacial score (nSPS) is 6.67. The minimum absolute atomic E-state index is 0.530. The average molecular weight is 426 g/mol. The van der Waals surface area contributed by atoms with Crippen LogP contribution in [0.4, 0.5) is 0 Å². The topological polar surface area (TPSA) is 26.0 Å². The van der Waals surface area contributed by atoms with Gasteiger partial charge in [0, 0.05) is 0 Å².